The molecule has 17 heavy (non-hydrogen) atoms. The van der Waals surface area contributed by atoms with Crippen molar-refractivity contribution in [3.63, 3.8) is 0 Å². The number of rotatable bonds is 2. The lowest BCUT2D eigenvalue weighted by molar-refractivity contribution is 0.481. The predicted octanol–water partition coefficient (Wildman–Crippen LogP) is 4.77. The number of hydrogen-bond donors (Lipinski definition) is 0. The first kappa shape index (κ1) is 12.0. The Hall–Kier alpha value is -1.50. The highest BCUT2D eigenvalue weighted by Crippen LogP contribution is 2.31. The summed E-state index contributed by atoms with van der Waals surface area (Å²) >= 11 is 9.29. The molecule has 84 valence electrons. The highest BCUT2D eigenvalue weighted by Gasteiger charge is 2.07. The predicted molar refractivity (Wildman–Crippen MR) is 70.4 cm³/mol. The molecule has 2 nitrogen and oxygen atoms in total. The van der Waals surface area contributed by atoms with Crippen LogP contribution in [-0.4, -0.2) is 0 Å². The SMILES string of the molecule is N#Cc1cc(Br)ccc1Oc1ccccc1Cl. The van der Waals surface area contributed by atoms with Gasteiger partial charge in [-0.2, -0.15) is 5.26 Å². The molecule has 4 heteroatoms. The van der Waals surface area contributed by atoms with Gasteiger partial charge in [-0.1, -0.05) is 39.7 Å². The van der Waals surface area contributed by atoms with Gasteiger partial charge in [-0.05, 0) is 30.3 Å². The summed E-state index contributed by atoms with van der Waals surface area (Å²) in [5.41, 5.74) is 0.458. The molecule has 0 bridgehead atoms. The average molecular weight is 309 g/mol. The highest BCUT2D eigenvalue weighted by molar-refractivity contribution is 9.10. The molecule has 0 aliphatic carbocycles. The van der Waals surface area contributed by atoms with Crippen LogP contribution in [0.15, 0.2) is 46.9 Å². The largest absolute Gasteiger partial charge is 0.454 e. The molecule has 2 aromatic carbocycles. The molecule has 0 unspecified atom stereocenters. The van der Waals surface area contributed by atoms with Gasteiger partial charge in [0.1, 0.15) is 17.6 Å². The van der Waals surface area contributed by atoms with Gasteiger partial charge in [0.2, 0.25) is 0 Å². The van der Waals surface area contributed by atoms with E-state index < -0.39 is 0 Å². The van der Waals surface area contributed by atoms with Crippen LogP contribution < -0.4 is 4.74 Å². The number of halogens is 2. The van der Waals surface area contributed by atoms with E-state index in [1.54, 1.807) is 24.3 Å². The Morgan fingerprint density at radius 3 is 2.59 bits per heavy atom. The van der Waals surface area contributed by atoms with E-state index in [9.17, 15) is 0 Å². The molecule has 2 rings (SSSR count). The smallest absolute Gasteiger partial charge is 0.146 e. The molecule has 0 aliphatic rings. The van der Waals surface area contributed by atoms with Crippen molar-refractivity contribution >= 4 is 27.5 Å². The summed E-state index contributed by atoms with van der Waals surface area (Å²) in [5.74, 6) is 1.02. The standard InChI is InChI=1S/C13H7BrClNO/c14-10-5-6-12(9(7-10)8-16)17-13-4-2-1-3-11(13)15/h1-7H. The molecule has 0 amide bonds. The molecule has 0 aromatic heterocycles. The quantitative estimate of drug-likeness (QED) is 0.801. The van der Waals surface area contributed by atoms with Crippen molar-refractivity contribution in [3.05, 3.63) is 57.5 Å². The van der Waals surface area contributed by atoms with E-state index in [4.69, 9.17) is 21.6 Å². The summed E-state index contributed by atoms with van der Waals surface area (Å²) in [7, 11) is 0. The fourth-order valence-electron chi connectivity index (χ4n) is 1.32. The molecule has 0 atom stereocenters. The molecule has 2 aromatic rings. The first-order valence-corrected chi connectivity index (χ1v) is 6.00. The normalized spacial score (nSPS) is 9.71. The van der Waals surface area contributed by atoms with Crippen LogP contribution in [0.4, 0.5) is 0 Å². The minimum atomic E-state index is 0.458. The highest BCUT2D eigenvalue weighted by atomic mass is 79.9. The molecule has 0 N–H and O–H groups in total. The second-order valence-corrected chi connectivity index (χ2v) is 4.61. The Bertz CT molecular complexity index is 592. The van der Waals surface area contributed by atoms with Crippen LogP contribution in [0, 0.1) is 11.3 Å². The van der Waals surface area contributed by atoms with Gasteiger partial charge < -0.3 is 4.74 Å². The summed E-state index contributed by atoms with van der Waals surface area (Å²) in [5, 5.41) is 9.52. The van der Waals surface area contributed by atoms with Gasteiger partial charge >= 0.3 is 0 Å². The van der Waals surface area contributed by atoms with Gasteiger partial charge in [-0.3, -0.25) is 0 Å². The van der Waals surface area contributed by atoms with Crippen LogP contribution in [0.2, 0.25) is 5.02 Å². The summed E-state index contributed by atoms with van der Waals surface area (Å²) in [6.07, 6.45) is 0. The van der Waals surface area contributed by atoms with Crippen molar-refractivity contribution in [2.75, 3.05) is 0 Å². The van der Waals surface area contributed by atoms with E-state index in [2.05, 4.69) is 22.0 Å². The Morgan fingerprint density at radius 1 is 1.12 bits per heavy atom. The molecule has 0 radical (unpaired) electrons. The number of nitriles is 1. The van der Waals surface area contributed by atoms with Gasteiger partial charge in [-0.25, -0.2) is 0 Å². The first-order valence-electron chi connectivity index (χ1n) is 4.83. The maximum absolute atomic E-state index is 9.01. The topological polar surface area (TPSA) is 33.0 Å². The van der Waals surface area contributed by atoms with Crippen LogP contribution in [0.5, 0.6) is 11.5 Å². The third-order valence-electron chi connectivity index (χ3n) is 2.12. The summed E-state index contributed by atoms with van der Waals surface area (Å²) < 4.78 is 6.44. The fraction of sp³-hybridized carbons (Fsp3) is 0. The van der Waals surface area contributed by atoms with Crippen LogP contribution in [0.1, 0.15) is 5.56 Å². The summed E-state index contributed by atoms with van der Waals surface area (Å²) in [4.78, 5) is 0. The lowest BCUT2D eigenvalue weighted by atomic mass is 10.2. The second kappa shape index (κ2) is 5.22. The maximum Gasteiger partial charge on any atom is 0.146 e. The van der Waals surface area contributed by atoms with Gasteiger partial charge in [0.25, 0.3) is 0 Å². The minimum Gasteiger partial charge on any atom is -0.454 e. The van der Waals surface area contributed by atoms with Crippen molar-refractivity contribution in [2.45, 2.75) is 0 Å². The van der Waals surface area contributed by atoms with Gasteiger partial charge in [-0.15, -0.1) is 0 Å². The fourth-order valence-corrected chi connectivity index (χ4v) is 1.86. The zero-order valence-corrected chi connectivity index (χ0v) is 11.0. The molecule has 0 saturated carbocycles. The molecule has 0 heterocycles. The Morgan fingerprint density at radius 2 is 1.88 bits per heavy atom. The summed E-state index contributed by atoms with van der Waals surface area (Å²) in [6, 6.07) is 14.5. The molecular weight excluding hydrogens is 302 g/mol. The van der Waals surface area contributed by atoms with E-state index in [0.29, 0.717) is 22.1 Å². The van der Waals surface area contributed by atoms with Crippen LogP contribution in [0.25, 0.3) is 0 Å². The third-order valence-corrected chi connectivity index (χ3v) is 2.92. The average Bonchev–Trinajstić information content (AvgIpc) is 2.34. The summed E-state index contributed by atoms with van der Waals surface area (Å²) in [6.45, 7) is 0. The van der Waals surface area contributed by atoms with Crippen molar-refractivity contribution in [1.29, 1.82) is 5.26 Å². The van der Waals surface area contributed by atoms with Crippen LogP contribution in [0.3, 0.4) is 0 Å². The van der Waals surface area contributed by atoms with Gasteiger partial charge in [0, 0.05) is 4.47 Å². The molecular formula is C13H7BrClNO. The van der Waals surface area contributed by atoms with E-state index in [-0.39, 0.29) is 0 Å². The van der Waals surface area contributed by atoms with Crippen molar-refractivity contribution in [3.8, 4) is 17.6 Å². The number of hydrogen-bond acceptors (Lipinski definition) is 2. The Labute approximate surface area is 113 Å². The lowest BCUT2D eigenvalue weighted by Crippen LogP contribution is -1.88. The molecule has 0 aliphatic heterocycles. The van der Waals surface area contributed by atoms with E-state index in [1.807, 2.05) is 18.2 Å². The van der Waals surface area contributed by atoms with E-state index in [1.165, 1.54) is 0 Å². The van der Waals surface area contributed by atoms with E-state index >= 15 is 0 Å². The van der Waals surface area contributed by atoms with Crippen molar-refractivity contribution < 1.29 is 4.74 Å². The van der Waals surface area contributed by atoms with Crippen LogP contribution >= 0.6 is 27.5 Å². The molecule has 0 spiro atoms. The number of para-hydroxylation sites is 1. The van der Waals surface area contributed by atoms with Crippen molar-refractivity contribution in [1.82, 2.24) is 0 Å². The molecule has 0 fully saturated rings. The number of nitrogens with zero attached hydrogens (tertiary/aromatic N) is 1. The Balaban J connectivity index is 2.37. The molecule has 0 saturated heterocycles. The monoisotopic (exact) mass is 307 g/mol. The second-order valence-electron chi connectivity index (χ2n) is 3.28. The van der Waals surface area contributed by atoms with E-state index in [0.717, 1.165) is 4.47 Å². The number of ether oxygens (including phenoxy) is 1. The third kappa shape index (κ3) is 2.79. The number of benzene rings is 2. The lowest BCUT2D eigenvalue weighted by Gasteiger charge is -2.08. The zero-order valence-electron chi connectivity index (χ0n) is 8.65. The Kier molecular flexibility index (Phi) is 3.68. The zero-order chi connectivity index (χ0) is 12.3. The van der Waals surface area contributed by atoms with Gasteiger partial charge in [0.05, 0.1) is 10.6 Å². The maximum atomic E-state index is 9.01. The minimum absolute atomic E-state index is 0.458. The van der Waals surface area contributed by atoms with Crippen LogP contribution in [-0.2, 0) is 0 Å². The first-order chi connectivity index (χ1) is 8.20. The van der Waals surface area contributed by atoms with Gasteiger partial charge in [0.15, 0.2) is 0 Å². The van der Waals surface area contributed by atoms with Crippen molar-refractivity contribution in [2.24, 2.45) is 0 Å².